The van der Waals surface area contributed by atoms with E-state index in [4.69, 9.17) is 4.74 Å². The lowest BCUT2D eigenvalue weighted by atomic mass is 10.3. The molecule has 0 aromatic carbocycles. The lowest BCUT2D eigenvalue weighted by Crippen LogP contribution is -2.22. The molecule has 3 heterocycles. The molecule has 0 fully saturated rings. The summed E-state index contributed by atoms with van der Waals surface area (Å²) in [5, 5.41) is 13.7. The lowest BCUT2D eigenvalue weighted by molar-refractivity contribution is -0.139. The molecule has 164 valence electrons. The highest BCUT2D eigenvalue weighted by atomic mass is 32.2. The van der Waals surface area contributed by atoms with Crippen molar-refractivity contribution in [3.05, 3.63) is 39.4 Å². The Morgan fingerprint density at radius 3 is 2.77 bits per heavy atom. The van der Waals surface area contributed by atoms with Crippen molar-refractivity contribution in [1.82, 2.24) is 20.1 Å². The second kappa shape index (κ2) is 11.2. The largest absolute Gasteiger partial charge is 0.457 e. The molecule has 0 aliphatic carbocycles. The average molecular weight is 479 g/mol. The molecule has 0 radical (unpaired) electrons. The molecule has 3 aromatic heterocycles. The summed E-state index contributed by atoms with van der Waals surface area (Å²) >= 11 is 4.16. The third-order valence-electron chi connectivity index (χ3n) is 4.14. The van der Waals surface area contributed by atoms with Gasteiger partial charge in [0.1, 0.15) is 0 Å². The van der Waals surface area contributed by atoms with Crippen LogP contribution in [-0.2, 0) is 27.3 Å². The molecule has 0 atom stereocenters. The lowest BCUT2D eigenvalue weighted by Gasteiger charge is -2.06. The van der Waals surface area contributed by atoms with Crippen LogP contribution in [0.15, 0.2) is 34.8 Å². The van der Waals surface area contributed by atoms with Crippen LogP contribution in [0.3, 0.4) is 0 Å². The summed E-state index contributed by atoms with van der Waals surface area (Å²) in [6, 6.07) is 7.50. The Balaban J connectivity index is 1.46. The van der Waals surface area contributed by atoms with Crippen LogP contribution in [0.4, 0.5) is 0 Å². The molecule has 0 saturated carbocycles. The molecule has 31 heavy (non-hydrogen) atoms. The smallest absolute Gasteiger partial charge is 0.316 e. The minimum Gasteiger partial charge on any atom is -0.457 e. The minimum absolute atomic E-state index is 0.0439. The summed E-state index contributed by atoms with van der Waals surface area (Å²) in [6.07, 6.45) is 0.652. The van der Waals surface area contributed by atoms with E-state index in [0.29, 0.717) is 29.5 Å². The number of hydrogen-bond donors (Lipinski definition) is 1. The highest BCUT2D eigenvalue weighted by Gasteiger charge is 2.17. The molecule has 1 N–H and O–H groups in total. The Morgan fingerprint density at radius 2 is 2.06 bits per heavy atom. The summed E-state index contributed by atoms with van der Waals surface area (Å²) in [6.45, 7) is 4.36. The van der Waals surface area contributed by atoms with E-state index in [1.165, 1.54) is 30.0 Å². The first-order valence-electron chi connectivity index (χ1n) is 9.59. The van der Waals surface area contributed by atoms with Gasteiger partial charge in [-0.25, -0.2) is 0 Å². The number of thiophene rings is 2. The number of esters is 1. The van der Waals surface area contributed by atoms with Gasteiger partial charge in [-0.05, 0) is 36.9 Å². The van der Waals surface area contributed by atoms with Crippen molar-refractivity contribution in [3.63, 3.8) is 0 Å². The van der Waals surface area contributed by atoms with Gasteiger partial charge in [-0.1, -0.05) is 17.8 Å². The van der Waals surface area contributed by atoms with E-state index in [0.717, 1.165) is 15.6 Å². The van der Waals surface area contributed by atoms with Crippen LogP contribution in [0, 0.1) is 0 Å². The maximum atomic E-state index is 12.3. The summed E-state index contributed by atoms with van der Waals surface area (Å²) in [5.74, 6) is 0.00508. The van der Waals surface area contributed by atoms with Crippen molar-refractivity contribution in [2.45, 2.75) is 32.0 Å². The number of aromatic nitrogens is 3. The molecular formula is C20H22N4O4S3. The van der Waals surface area contributed by atoms with Crippen LogP contribution >= 0.6 is 34.4 Å². The number of thioether (sulfide) groups is 1. The monoisotopic (exact) mass is 478 g/mol. The Morgan fingerprint density at radius 1 is 1.23 bits per heavy atom. The van der Waals surface area contributed by atoms with Gasteiger partial charge >= 0.3 is 5.97 Å². The topological polar surface area (TPSA) is 103 Å². The van der Waals surface area contributed by atoms with E-state index in [1.54, 1.807) is 17.4 Å². The SMILES string of the molecule is CCn1c(SCC(=O)OCC(=O)c2ccc(CCNC(C)=O)s2)nnc1-c1cccs1. The van der Waals surface area contributed by atoms with Gasteiger partial charge in [0.15, 0.2) is 17.6 Å². The van der Waals surface area contributed by atoms with Crippen molar-refractivity contribution in [3.8, 4) is 10.7 Å². The van der Waals surface area contributed by atoms with Crippen LogP contribution in [0.1, 0.15) is 28.4 Å². The molecule has 11 heteroatoms. The van der Waals surface area contributed by atoms with Gasteiger partial charge in [-0.2, -0.15) is 0 Å². The normalized spacial score (nSPS) is 10.8. The van der Waals surface area contributed by atoms with Crippen LogP contribution < -0.4 is 5.32 Å². The fraction of sp³-hybridized carbons (Fsp3) is 0.350. The molecule has 3 aromatic rings. The van der Waals surface area contributed by atoms with E-state index < -0.39 is 5.97 Å². The molecule has 0 aliphatic heterocycles. The highest BCUT2D eigenvalue weighted by Crippen LogP contribution is 2.27. The quantitative estimate of drug-likeness (QED) is 0.256. The molecule has 0 aliphatic rings. The first-order chi connectivity index (χ1) is 15.0. The van der Waals surface area contributed by atoms with Crippen molar-refractivity contribution in [2.24, 2.45) is 0 Å². The minimum atomic E-state index is -0.482. The van der Waals surface area contributed by atoms with Gasteiger partial charge in [0.25, 0.3) is 0 Å². The van der Waals surface area contributed by atoms with Gasteiger partial charge in [-0.3, -0.25) is 14.4 Å². The number of hydrogen-bond acceptors (Lipinski definition) is 9. The number of carbonyl (C=O) groups is 3. The Labute approximate surface area is 192 Å². The van der Waals surface area contributed by atoms with Crippen molar-refractivity contribution >= 4 is 52.1 Å². The maximum Gasteiger partial charge on any atom is 0.316 e. The molecule has 8 nitrogen and oxygen atoms in total. The van der Waals surface area contributed by atoms with E-state index >= 15 is 0 Å². The van der Waals surface area contributed by atoms with Gasteiger partial charge in [-0.15, -0.1) is 32.9 Å². The fourth-order valence-corrected chi connectivity index (χ4v) is 5.12. The number of rotatable bonds is 11. The third-order valence-corrected chi connectivity index (χ3v) is 7.13. The van der Waals surface area contributed by atoms with Gasteiger partial charge < -0.3 is 14.6 Å². The number of nitrogens with zero attached hydrogens (tertiary/aromatic N) is 3. The standard InChI is InChI=1S/C20H22N4O4S3/c1-3-24-19(17-5-4-10-29-17)22-23-20(24)30-12-18(27)28-11-15(26)16-7-6-14(31-16)8-9-21-13(2)25/h4-7,10H,3,8-9,11-12H2,1-2H3,(H,21,25). The predicted octanol–water partition coefficient (Wildman–Crippen LogP) is 3.28. The van der Waals surface area contributed by atoms with Crippen LogP contribution in [0.5, 0.6) is 0 Å². The van der Waals surface area contributed by atoms with Crippen LogP contribution in [0.25, 0.3) is 10.7 Å². The van der Waals surface area contributed by atoms with E-state index in [-0.39, 0.29) is 24.1 Å². The van der Waals surface area contributed by atoms with Gasteiger partial charge in [0.05, 0.1) is 15.5 Å². The molecule has 0 bridgehead atoms. The Hall–Kier alpha value is -2.50. The number of ketones is 1. The first-order valence-corrected chi connectivity index (χ1v) is 12.3. The number of nitrogens with one attached hydrogen (secondary N) is 1. The zero-order chi connectivity index (χ0) is 22.2. The number of Topliss-reactive ketones (excluding diaryl/α,β-unsaturated/α-hetero) is 1. The number of ether oxygens (including phenoxy) is 1. The van der Waals surface area contributed by atoms with Gasteiger partial charge in [0.2, 0.25) is 11.7 Å². The third kappa shape index (κ3) is 6.49. The summed E-state index contributed by atoms with van der Waals surface area (Å²) < 4.78 is 7.09. The molecule has 0 spiro atoms. The Kier molecular flexibility index (Phi) is 8.38. The number of carbonyl (C=O) groups excluding carboxylic acids is 3. The number of amides is 1. The maximum absolute atomic E-state index is 12.3. The molecule has 0 saturated heterocycles. The van der Waals surface area contributed by atoms with E-state index in [9.17, 15) is 14.4 Å². The molecule has 0 unspecified atom stereocenters. The van der Waals surface area contributed by atoms with Crippen LogP contribution in [0.2, 0.25) is 0 Å². The highest BCUT2D eigenvalue weighted by molar-refractivity contribution is 7.99. The second-order valence-electron chi connectivity index (χ2n) is 6.40. The van der Waals surface area contributed by atoms with Crippen LogP contribution in [-0.4, -0.2) is 51.3 Å². The zero-order valence-corrected chi connectivity index (χ0v) is 19.6. The summed E-state index contributed by atoms with van der Waals surface area (Å²) in [4.78, 5) is 37.8. The van der Waals surface area contributed by atoms with E-state index in [2.05, 4.69) is 15.5 Å². The second-order valence-corrected chi connectivity index (χ2v) is 9.46. The molecular weight excluding hydrogens is 456 g/mol. The zero-order valence-electron chi connectivity index (χ0n) is 17.1. The van der Waals surface area contributed by atoms with Gasteiger partial charge in [0, 0.05) is 24.9 Å². The van der Waals surface area contributed by atoms with Crippen molar-refractivity contribution in [1.29, 1.82) is 0 Å². The molecule has 1 amide bonds. The summed E-state index contributed by atoms with van der Waals surface area (Å²) in [5.41, 5.74) is 0. The predicted molar refractivity (Wildman–Crippen MR) is 122 cm³/mol. The van der Waals surface area contributed by atoms with Crippen molar-refractivity contribution < 1.29 is 19.1 Å². The Bertz CT molecular complexity index is 1040. The fourth-order valence-electron chi connectivity index (χ4n) is 2.67. The molecule has 3 rings (SSSR count). The first kappa shape index (κ1) is 23.2. The summed E-state index contributed by atoms with van der Waals surface area (Å²) in [7, 11) is 0. The average Bonchev–Trinajstić information content (AvgIpc) is 3.50. The van der Waals surface area contributed by atoms with E-state index in [1.807, 2.05) is 35.1 Å². The van der Waals surface area contributed by atoms with Crippen molar-refractivity contribution in [2.75, 3.05) is 18.9 Å².